The van der Waals surface area contributed by atoms with Crippen LogP contribution in [0.3, 0.4) is 0 Å². The lowest BCUT2D eigenvalue weighted by molar-refractivity contribution is 0.0518. The van der Waals surface area contributed by atoms with Crippen LogP contribution in [0, 0.1) is 17.2 Å². The first kappa shape index (κ1) is 10.5. The van der Waals surface area contributed by atoms with Crippen molar-refractivity contribution in [1.82, 2.24) is 4.90 Å². The highest BCUT2D eigenvalue weighted by molar-refractivity contribution is 4.90. The van der Waals surface area contributed by atoms with E-state index in [1.807, 2.05) is 0 Å². The van der Waals surface area contributed by atoms with E-state index in [9.17, 15) is 0 Å². The molecule has 0 aliphatic carbocycles. The zero-order valence-electron chi connectivity index (χ0n) is 9.01. The fourth-order valence-electron chi connectivity index (χ4n) is 2.22. The summed E-state index contributed by atoms with van der Waals surface area (Å²) < 4.78 is 0. The average molecular weight is 180 g/mol. The first-order chi connectivity index (χ1) is 6.10. The van der Waals surface area contributed by atoms with Crippen LogP contribution < -0.4 is 0 Å². The topological polar surface area (TPSA) is 27.0 Å². The molecule has 0 aromatic heterocycles. The molecule has 0 bridgehead atoms. The predicted molar refractivity (Wildman–Crippen MR) is 54.3 cm³/mol. The van der Waals surface area contributed by atoms with Gasteiger partial charge in [0.05, 0.1) is 6.07 Å². The van der Waals surface area contributed by atoms with Crippen molar-refractivity contribution in [3.8, 4) is 6.07 Å². The Labute approximate surface area is 81.5 Å². The summed E-state index contributed by atoms with van der Waals surface area (Å²) >= 11 is 0. The molecule has 1 saturated heterocycles. The molecule has 2 heteroatoms. The van der Waals surface area contributed by atoms with E-state index in [2.05, 4.69) is 31.7 Å². The Morgan fingerprint density at radius 2 is 2.23 bits per heavy atom. The molecule has 0 aromatic rings. The Morgan fingerprint density at radius 3 is 2.77 bits per heavy atom. The quantitative estimate of drug-likeness (QED) is 0.652. The van der Waals surface area contributed by atoms with Gasteiger partial charge in [-0.05, 0) is 39.2 Å². The molecule has 0 amide bonds. The van der Waals surface area contributed by atoms with E-state index >= 15 is 0 Å². The van der Waals surface area contributed by atoms with E-state index in [1.165, 1.54) is 12.8 Å². The minimum absolute atomic E-state index is 0.348. The monoisotopic (exact) mass is 180 g/mol. The summed E-state index contributed by atoms with van der Waals surface area (Å²) in [4.78, 5) is 2.50. The molecule has 1 aliphatic heterocycles. The van der Waals surface area contributed by atoms with Gasteiger partial charge in [-0.3, -0.25) is 4.90 Å². The highest BCUT2D eigenvalue weighted by atomic mass is 15.2. The first-order valence-corrected chi connectivity index (χ1v) is 5.22. The summed E-state index contributed by atoms with van der Waals surface area (Å²) in [6, 6.07) is 2.28. The third-order valence-corrected chi connectivity index (χ3v) is 3.26. The van der Waals surface area contributed by atoms with Crippen LogP contribution in [-0.4, -0.2) is 23.5 Å². The molecule has 2 nitrogen and oxygen atoms in total. The number of nitriles is 1. The fraction of sp³-hybridized carbons (Fsp3) is 0.909. The van der Waals surface area contributed by atoms with Gasteiger partial charge in [-0.2, -0.15) is 5.26 Å². The van der Waals surface area contributed by atoms with Gasteiger partial charge in [-0.1, -0.05) is 6.92 Å². The van der Waals surface area contributed by atoms with Gasteiger partial charge in [0.15, 0.2) is 0 Å². The molecule has 1 heterocycles. The number of likely N-dealkylation sites (tertiary alicyclic amines) is 1. The second kappa shape index (κ2) is 4.11. The number of nitrogens with zero attached hydrogens (tertiary/aromatic N) is 2. The van der Waals surface area contributed by atoms with Gasteiger partial charge in [0.25, 0.3) is 0 Å². The summed E-state index contributed by atoms with van der Waals surface area (Å²) in [5.41, 5.74) is 0.348. The molecule has 0 spiro atoms. The van der Waals surface area contributed by atoms with Gasteiger partial charge in [-0.25, -0.2) is 0 Å². The molecular formula is C11H20N2. The third-order valence-electron chi connectivity index (χ3n) is 3.26. The standard InChI is InChI=1S/C11H20N2/c1-4-13-9-10(6-8-12)5-7-11(13,2)3/h10H,4-7,9H2,1-3H3. The molecule has 1 aliphatic rings. The molecule has 0 radical (unpaired) electrons. The van der Waals surface area contributed by atoms with Crippen molar-refractivity contribution in [2.75, 3.05) is 13.1 Å². The molecule has 0 aromatic carbocycles. The van der Waals surface area contributed by atoms with Crippen LogP contribution in [0.15, 0.2) is 0 Å². The molecule has 74 valence electrons. The second-order valence-corrected chi connectivity index (χ2v) is 4.62. The number of rotatable bonds is 2. The highest BCUT2D eigenvalue weighted by Gasteiger charge is 2.32. The average Bonchev–Trinajstić information content (AvgIpc) is 2.08. The van der Waals surface area contributed by atoms with Gasteiger partial charge in [-0.15, -0.1) is 0 Å². The van der Waals surface area contributed by atoms with Crippen LogP contribution in [0.4, 0.5) is 0 Å². The largest absolute Gasteiger partial charge is 0.298 e. The number of hydrogen-bond acceptors (Lipinski definition) is 2. The van der Waals surface area contributed by atoms with Crippen molar-refractivity contribution in [3.63, 3.8) is 0 Å². The predicted octanol–water partition coefficient (Wildman–Crippen LogP) is 2.41. The Kier molecular flexibility index (Phi) is 3.33. The normalized spacial score (nSPS) is 28.3. The second-order valence-electron chi connectivity index (χ2n) is 4.62. The molecule has 0 N–H and O–H groups in total. The number of piperidine rings is 1. The van der Waals surface area contributed by atoms with Crippen molar-refractivity contribution in [1.29, 1.82) is 5.26 Å². The summed E-state index contributed by atoms with van der Waals surface area (Å²) in [7, 11) is 0. The van der Waals surface area contributed by atoms with E-state index in [0.29, 0.717) is 11.5 Å². The van der Waals surface area contributed by atoms with E-state index in [-0.39, 0.29) is 0 Å². The van der Waals surface area contributed by atoms with Crippen LogP contribution in [-0.2, 0) is 0 Å². The fourth-order valence-corrected chi connectivity index (χ4v) is 2.22. The van der Waals surface area contributed by atoms with Gasteiger partial charge >= 0.3 is 0 Å². The number of hydrogen-bond donors (Lipinski definition) is 0. The molecule has 13 heavy (non-hydrogen) atoms. The lowest BCUT2D eigenvalue weighted by Gasteiger charge is -2.44. The van der Waals surface area contributed by atoms with Gasteiger partial charge in [0.2, 0.25) is 0 Å². The molecule has 1 fully saturated rings. The van der Waals surface area contributed by atoms with E-state index < -0.39 is 0 Å². The Hall–Kier alpha value is -0.550. The van der Waals surface area contributed by atoms with Crippen LogP contribution in [0.2, 0.25) is 0 Å². The summed E-state index contributed by atoms with van der Waals surface area (Å²) in [5, 5.41) is 8.64. The van der Waals surface area contributed by atoms with Crippen molar-refractivity contribution in [3.05, 3.63) is 0 Å². The van der Waals surface area contributed by atoms with Gasteiger partial charge in [0.1, 0.15) is 0 Å². The maximum absolute atomic E-state index is 8.64. The maximum atomic E-state index is 8.64. The molecule has 1 atom stereocenters. The smallest absolute Gasteiger partial charge is 0.0625 e. The van der Waals surface area contributed by atoms with Crippen LogP contribution in [0.25, 0.3) is 0 Å². The molecular weight excluding hydrogens is 160 g/mol. The zero-order chi connectivity index (χ0) is 9.90. The Balaban J connectivity index is 2.54. The van der Waals surface area contributed by atoms with Gasteiger partial charge < -0.3 is 0 Å². The van der Waals surface area contributed by atoms with E-state index in [4.69, 9.17) is 5.26 Å². The minimum atomic E-state index is 0.348. The van der Waals surface area contributed by atoms with Gasteiger partial charge in [0, 0.05) is 18.5 Å². The Bertz CT molecular complexity index is 203. The SMILES string of the molecule is CCN1CC(CC#N)CCC1(C)C. The van der Waals surface area contributed by atoms with Crippen LogP contribution in [0.5, 0.6) is 0 Å². The van der Waals surface area contributed by atoms with Crippen LogP contribution in [0.1, 0.15) is 40.0 Å². The Morgan fingerprint density at radius 1 is 1.54 bits per heavy atom. The summed E-state index contributed by atoms with van der Waals surface area (Å²) in [5.74, 6) is 0.609. The minimum Gasteiger partial charge on any atom is -0.298 e. The van der Waals surface area contributed by atoms with E-state index in [1.54, 1.807) is 0 Å². The molecule has 0 saturated carbocycles. The summed E-state index contributed by atoms with van der Waals surface area (Å²) in [6.07, 6.45) is 3.18. The molecule has 1 unspecified atom stereocenters. The maximum Gasteiger partial charge on any atom is 0.0625 e. The van der Waals surface area contributed by atoms with Crippen molar-refractivity contribution >= 4 is 0 Å². The lowest BCUT2D eigenvalue weighted by atomic mass is 9.84. The molecule has 1 rings (SSSR count). The van der Waals surface area contributed by atoms with Crippen molar-refractivity contribution in [2.24, 2.45) is 5.92 Å². The highest BCUT2D eigenvalue weighted by Crippen LogP contribution is 2.31. The first-order valence-electron chi connectivity index (χ1n) is 5.22. The third kappa shape index (κ3) is 2.45. The van der Waals surface area contributed by atoms with Crippen molar-refractivity contribution in [2.45, 2.75) is 45.6 Å². The van der Waals surface area contributed by atoms with Crippen LogP contribution >= 0.6 is 0 Å². The summed E-state index contributed by atoms with van der Waals surface area (Å²) in [6.45, 7) is 9.03. The van der Waals surface area contributed by atoms with E-state index in [0.717, 1.165) is 19.5 Å². The van der Waals surface area contributed by atoms with Crippen molar-refractivity contribution < 1.29 is 0 Å². The lowest BCUT2D eigenvalue weighted by Crippen LogP contribution is -2.50. The zero-order valence-corrected chi connectivity index (χ0v) is 9.01.